The van der Waals surface area contributed by atoms with Gasteiger partial charge < -0.3 is 4.74 Å². The monoisotopic (exact) mass is 188 g/mol. The van der Waals surface area contributed by atoms with E-state index in [1.807, 2.05) is 0 Å². The van der Waals surface area contributed by atoms with Gasteiger partial charge in [-0.15, -0.1) is 0 Å². The Labute approximate surface area is 85.5 Å². The summed E-state index contributed by atoms with van der Waals surface area (Å²) in [6, 6.07) is 0. The lowest BCUT2D eigenvalue weighted by molar-refractivity contribution is 0.225. The van der Waals surface area contributed by atoms with Crippen LogP contribution in [0.1, 0.15) is 25.7 Å². The van der Waals surface area contributed by atoms with Gasteiger partial charge in [-0.1, -0.05) is 30.4 Å². The average Bonchev–Trinajstić information content (AvgIpc) is 2.29. The van der Waals surface area contributed by atoms with Crippen molar-refractivity contribution in [3.8, 4) is 0 Å². The minimum Gasteiger partial charge on any atom is -0.494 e. The van der Waals surface area contributed by atoms with Crippen molar-refractivity contribution in [2.24, 2.45) is 0 Å². The van der Waals surface area contributed by atoms with Crippen molar-refractivity contribution in [3.05, 3.63) is 47.8 Å². The van der Waals surface area contributed by atoms with Crippen LogP contribution in [-0.4, -0.2) is 6.61 Å². The van der Waals surface area contributed by atoms with E-state index in [1.54, 1.807) is 0 Å². The topological polar surface area (TPSA) is 9.23 Å². The van der Waals surface area contributed by atoms with Gasteiger partial charge in [0.05, 0.1) is 5.76 Å². The minimum atomic E-state index is 0.768. The summed E-state index contributed by atoms with van der Waals surface area (Å²) in [5, 5.41) is 0. The van der Waals surface area contributed by atoms with Gasteiger partial charge in [-0.3, -0.25) is 0 Å². The van der Waals surface area contributed by atoms with Crippen LogP contribution >= 0.6 is 0 Å². The lowest BCUT2D eigenvalue weighted by Crippen LogP contribution is -2.01. The highest BCUT2D eigenvalue weighted by atomic mass is 16.5. The lowest BCUT2D eigenvalue weighted by Gasteiger charge is -2.14. The zero-order valence-electron chi connectivity index (χ0n) is 8.41. The molecule has 14 heavy (non-hydrogen) atoms. The first-order valence-corrected chi connectivity index (χ1v) is 5.28. The zero-order valence-corrected chi connectivity index (χ0v) is 8.41. The number of rotatable bonds is 3. The Kier molecular flexibility index (Phi) is 3.23. The van der Waals surface area contributed by atoms with Gasteiger partial charge in [-0.25, -0.2) is 0 Å². The second-order valence-corrected chi connectivity index (χ2v) is 3.68. The van der Waals surface area contributed by atoms with Crippen molar-refractivity contribution in [2.45, 2.75) is 25.7 Å². The highest BCUT2D eigenvalue weighted by molar-refractivity contribution is 5.19. The molecule has 2 aliphatic rings. The van der Waals surface area contributed by atoms with Gasteiger partial charge in [0.1, 0.15) is 6.61 Å². The van der Waals surface area contributed by atoms with Crippen LogP contribution in [0.15, 0.2) is 47.8 Å². The standard InChI is InChI=1S/C13H16O/c1-3-7-12(8-4-1)11-14-13-9-5-2-6-10-13/h1-3,5,7,9H,4,6,8,10-11H2. The SMILES string of the molecule is C1=CCCC(COC2=CC=CCC2)=C1. The molecule has 0 spiro atoms. The van der Waals surface area contributed by atoms with E-state index in [9.17, 15) is 0 Å². The summed E-state index contributed by atoms with van der Waals surface area (Å²) in [6.07, 6.45) is 17.3. The molecule has 0 aromatic rings. The van der Waals surface area contributed by atoms with E-state index in [4.69, 9.17) is 4.74 Å². The van der Waals surface area contributed by atoms with Crippen LogP contribution in [0, 0.1) is 0 Å². The van der Waals surface area contributed by atoms with E-state index in [2.05, 4.69) is 36.5 Å². The van der Waals surface area contributed by atoms with E-state index in [0.717, 1.165) is 38.0 Å². The molecule has 0 unspecified atom stereocenters. The largest absolute Gasteiger partial charge is 0.494 e. The molecule has 0 aliphatic heterocycles. The molecule has 0 radical (unpaired) electrons. The van der Waals surface area contributed by atoms with Crippen LogP contribution < -0.4 is 0 Å². The molecule has 0 atom stereocenters. The summed E-state index contributed by atoms with van der Waals surface area (Å²) in [4.78, 5) is 0. The quantitative estimate of drug-likeness (QED) is 0.658. The van der Waals surface area contributed by atoms with Crippen molar-refractivity contribution < 1.29 is 4.74 Å². The Morgan fingerprint density at radius 3 is 2.43 bits per heavy atom. The Morgan fingerprint density at radius 1 is 1.00 bits per heavy atom. The minimum absolute atomic E-state index is 0.768. The Hall–Kier alpha value is -1.24. The molecule has 0 fully saturated rings. The molecule has 2 rings (SSSR count). The summed E-state index contributed by atoms with van der Waals surface area (Å²) in [6.45, 7) is 0.768. The summed E-state index contributed by atoms with van der Waals surface area (Å²) in [5.74, 6) is 1.13. The fourth-order valence-corrected chi connectivity index (χ4v) is 1.66. The third-order valence-electron chi connectivity index (χ3n) is 2.52. The highest BCUT2D eigenvalue weighted by Crippen LogP contribution is 2.17. The molecule has 1 heteroatoms. The number of ether oxygens (including phenoxy) is 1. The predicted octanol–water partition coefficient (Wildman–Crippen LogP) is 3.51. The third-order valence-corrected chi connectivity index (χ3v) is 2.52. The molecule has 0 saturated carbocycles. The number of hydrogen-bond acceptors (Lipinski definition) is 1. The molecule has 0 saturated heterocycles. The van der Waals surface area contributed by atoms with E-state index >= 15 is 0 Å². The van der Waals surface area contributed by atoms with Gasteiger partial charge in [-0.05, 0) is 30.9 Å². The second kappa shape index (κ2) is 4.85. The fraction of sp³-hybridized carbons (Fsp3) is 0.385. The predicted molar refractivity (Wildman–Crippen MR) is 58.9 cm³/mol. The van der Waals surface area contributed by atoms with Crippen molar-refractivity contribution in [3.63, 3.8) is 0 Å². The Balaban J connectivity index is 1.81. The molecule has 74 valence electrons. The van der Waals surface area contributed by atoms with Crippen molar-refractivity contribution in [2.75, 3.05) is 6.61 Å². The maximum Gasteiger partial charge on any atom is 0.109 e. The van der Waals surface area contributed by atoms with E-state index in [1.165, 1.54) is 5.57 Å². The van der Waals surface area contributed by atoms with E-state index in [-0.39, 0.29) is 0 Å². The molecule has 0 heterocycles. The lowest BCUT2D eigenvalue weighted by atomic mass is 10.1. The van der Waals surface area contributed by atoms with Crippen LogP contribution in [0.2, 0.25) is 0 Å². The second-order valence-electron chi connectivity index (χ2n) is 3.68. The number of allylic oxidation sites excluding steroid dienone is 7. The van der Waals surface area contributed by atoms with Gasteiger partial charge in [0, 0.05) is 6.42 Å². The van der Waals surface area contributed by atoms with Gasteiger partial charge in [0.15, 0.2) is 0 Å². The van der Waals surface area contributed by atoms with Gasteiger partial charge in [0.2, 0.25) is 0 Å². The molecule has 2 aliphatic carbocycles. The van der Waals surface area contributed by atoms with Gasteiger partial charge >= 0.3 is 0 Å². The molecule has 0 amide bonds. The summed E-state index contributed by atoms with van der Waals surface area (Å²) < 4.78 is 5.73. The first-order valence-electron chi connectivity index (χ1n) is 5.28. The molecule has 0 aromatic heterocycles. The summed E-state index contributed by atoms with van der Waals surface area (Å²) in [7, 11) is 0. The maximum absolute atomic E-state index is 5.73. The van der Waals surface area contributed by atoms with Crippen molar-refractivity contribution in [1.82, 2.24) is 0 Å². The molecule has 0 bridgehead atoms. The first kappa shape index (κ1) is 9.32. The van der Waals surface area contributed by atoms with E-state index in [0.29, 0.717) is 0 Å². The molecule has 0 N–H and O–H groups in total. The number of hydrogen-bond donors (Lipinski definition) is 0. The molecule has 0 aromatic carbocycles. The molecular formula is C13H16O. The smallest absolute Gasteiger partial charge is 0.109 e. The molecular weight excluding hydrogens is 172 g/mol. The van der Waals surface area contributed by atoms with Gasteiger partial charge in [-0.2, -0.15) is 0 Å². The van der Waals surface area contributed by atoms with Crippen LogP contribution in [0.3, 0.4) is 0 Å². The Bertz CT molecular complexity index is 273. The van der Waals surface area contributed by atoms with E-state index < -0.39 is 0 Å². The van der Waals surface area contributed by atoms with Crippen LogP contribution in [-0.2, 0) is 4.74 Å². The first-order chi connectivity index (χ1) is 6.95. The fourth-order valence-electron chi connectivity index (χ4n) is 1.66. The van der Waals surface area contributed by atoms with Crippen LogP contribution in [0.5, 0.6) is 0 Å². The zero-order chi connectivity index (χ0) is 9.64. The normalized spacial score (nSPS) is 20.3. The summed E-state index contributed by atoms with van der Waals surface area (Å²) >= 11 is 0. The highest BCUT2D eigenvalue weighted by Gasteiger charge is 2.03. The van der Waals surface area contributed by atoms with Crippen LogP contribution in [0.25, 0.3) is 0 Å². The molecule has 1 nitrogen and oxygen atoms in total. The van der Waals surface area contributed by atoms with Crippen LogP contribution in [0.4, 0.5) is 0 Å². The Morgan fingerprint density at radius 2 is 1.79 bits per heavy atom. The third kappa shape index (κ3) is 2.63. The summed E-state index contributed by atoms with van der Waals surface area (Å²) in [5.41, 5.74) is 1.41. The van der Waals surface area contributed by atoms with Crippen molar-refractivity contribution >= 4 is 0 Å². The van der Waals surface area contributed by atoms with Crippen molar-refractivity contribution in [1.29, 1.82) is 0 Å². The van der Waals surface area contributed by atoms with Gasteiger partial charge in [0.25, 0.3) is 0 Å². The average molecular weight is 188 g/mol. The maximum atomic E-state index is 5.73.